The Morgan fingerprint density at radius 2 is 1.93 bits per heavy atom. The van der Waals surface area contributed by atoms with Gasteiger partial charge in [0, 0.05) is 19.6 Å². The van der Waals surface area contributed by atoms with Crippen LogP contribution in [0.4, 0.5) is 0 Å². The minimum Gasteiger partial charge on any atom is -0.373 e. The van der Waals surface area contributed by atoms with E-state index in [4.69, 9.17) is 4.74 Å². The molecule has 1 aromatic rings. The molecule has 2 unspecified atom stereocenters. The lowest BCUT2D eigenvalue weighted by Crippen LogP contribution is -2.45. The quantitative estimate of drug-likeness (QED) is 0.692. The number of aromatic nitrogens is 3. The van der Waals surface area contributed by atoms with Crippen LogP contribution >= 0.6 is 0 Å². The summed E-state index contributed by atoms with van der Waals surface area (Å²) in [4.78, 5) is 14.9. The van der Waals surface area contributed by atoms with Crippen molar-refractivity contribution in [3.05, 3.63) is 11.4 Å². The number of unbranched alkanes of at least 4 members (excludes halogenated alkanes) is 1. The zero-order chi connectivity index (χ0) is 19.2. The molecule has 27 heavy (non-hydrogen) atoms. The van der Waals surface area contributed by atoms with Gasteiger partial charge in [-0.3, -0.25) is 9.69 Å². The molecule has 2 N–H and O–H groups in total. The number of nitrogens with zero attached hydrogens (tertiary/aromatic N) is 4. The first-order valence-electron chi connectivity index (χ1n) is 10.3. The number of hydrogen-bond donors (Lipinski definition) is 2. The first-order valence-corrected chi connectivity index (χ1v) is 10.3. The third-order valence-electron chi connectivity index (χ3n) is 5.48. The van der Waals surface area contributed by atoms with E-state index < -0.39 is 0 Å². The molecule has 2 aliphatic rings. The molecule has 0 aliphatic carbocycles. The summed E-state index contributed by atoms with van der Waals surface area (Å²) >= 11 is 0. The van der Waals surface area contributed by atoms with Crippen LogP contribution in [0.15, 0.2) is 0 Å². The Kier molecular flexibility index (Phi) is 7.20. The number of carbonyl (C=O) groups excluding carboxylic acids is 1. The van der Waals surface area contributed by atoms with Gasteiger partial charge >= 0.3 is 0 Å². The van der Waals surface area contributed by atoms with E-state index in [9.17, 15) is 4.79 Å². The van der Waals surface area contributed by atoms with E-state index in [2.05, 4.69) is 39.7 Å². The van der Waals surface area contributed by atoms with Crippen LogP contribution in [0.1, 0.15) is 61.8 Å². The average molecular weight is 379 g/mol. The van der Waals surface area contributed by atoms with Crippen molar-refractivity contribution >= 4 is 5.91 Å². The molecule has 0 radical (unpaired) electrons. The maximum absolute atomic E-state index is 12.4. The lowest BCUT2D eigenvalue weighted by molar-refractivity contribution is -0.0681. The predicted molar refractivity (Wildman–Crippen MR) is 104 cm³/mol. The molecular weight excluding hydrogens is 344 g/mol. The van der Waals surface area contributed by atoms with Crippen molar-refractivity contribution in [2.75, 3.05) is 39.3 Å². The van der Waals surface area contributed by atoms with Gasteiger partial charge < -0.3 is 15.4 Å². The maximum atomic E-state index is 12.4. The molecule has 3 heterocycles. The zero-order valence-corrected chi connectivity index (χ0v) is 16.9. The molecule has 1 amide bonds. The number of nitrogens with one attached hydrogen (secondary N) is 2. The Labute approximate surface area is 162 Å². The second-order valence-corrected chi connectivity index (χ2v) is 7.93. The maximum Gasteiger partial charge on any atom is 0.273 e. The van der Waals surface area contributed by atoms with Gasteiger partial charge in [-0.05, 0) is 66.1 Å². The summed E-state index contributed by atoms with van der Waals surface area (Å²) in [6.07, 6.45) is 4.71. The normalized spacial score (nSPS) is 24.9. The molecule has 3 rings (SSSR count). The van der Waals surface area contributed by atoms with E-state index in [0.717, 1.165) is 64.1 Å². The highest BCUT2D eigenvalue weighted by Gasteiger charge is 2.23. The molecule has 8 heteroatoms. The Morgan fingerprint density at radius 1 is 1.22 bits per heavy atom. The monoisotopic (exact) mass is 378 g/mol. The fourth-order valence-corrected chi connectivity index (χ4v) is 4.16. The molecule has 0 saturated carbocycles. The lowest BCUT2D eigenvalue weighted by Gasteiger charge is -2.35. The van der Waals surface area contributed by atoms with Gasteiger partial charge in [-0.2, -0.15) is 0 Å². The third-order valence-corrected chi connectivity index (χ3v) is 5.48. The average Bonchev–Trinajstić information content (AvgIpc) is 3.03. The number of piperidine rings is 1. The van der Waals surface area contributed by atoms with E-state index in [1.807, 2.05) is 11.6 Å². The van der Waals surface area contributed by atoms with Crippen molar-refractivity contribution in [2.24, 2.45) is 0 Å². The van der Waals surface area contributed by atoms with E-state index >= 15 is 0 Å². The highest BCUT2D eigenvalue weighted by Crippen LogP contribution is 2.20. The second-order valence-electron chi connectivity index (χ2n) is 7.93. The number of amides is 1. The van der Waals surface area contributed by atoms with Crippen LogP contribution in [0, 0.1) is 6.92 Å². The number of morpholine rings is 1. The molecule has 0 spiro atoms. The van der Waals surface area contributed by atoms with Gasteiger partial charge in [0.15, 0.2) is 5.69 Å². The molecule has 1 aromatic heterocycles. The highest BCUT2D eigenvalue weighted by molar-refractivity contribution is 5.93. The van der Waals surface area contributed by atoms with Crippen LogP contribution in [-0.4, -0.2) is 77.3 Å². The smallest absolute Gasteiger partial charge is 0.273 e. The van der Waals surface area contributed by atoms with E-state index in [-0.39, 0.29) is 5.91 Å². The first-order chi connectivity index (χ1) is 13.0. The van der Waals surface area contributed by atoms with Crippen LogP contribution in [0.3, 0.4) is 0 Å². The lowest BCUT2D eigenvalue weighted by atomic mass is 10.1. The van der Waals surface area contributed by atoms with Gasteiger partial charge in [0.25, 0.3) is 5.91 Å². The number of hydrogen-bond acceptors (Lipinski definition) is 6. The van der Waals surface area contributed by atoms with Gasteiger partial charge in [0.2, 0.25) is 0 Å². The van der Waals surface area contributed by atoms with Crippen LogP contribution in [0.25, 0.3) is 0 Å². The SMILES string of the molecule is Cc1c(C(=O)NCCCCN2CC(C)OC(C)C2)nnn1C1CCNCC1. The summed E-state index contributed by atoms with van der Waals surface area (Å²) in [6, 6.07) is 0.346. The Balaban J connectivity index is 1.39. The number of carbonyl (C=O) groups is 1. The van der Waals surface area contributed by atoms with Crippen LogP contribution in [0.5, 0.6) is 0 Å². The zero-order valence-electron chi connectivity index (χ0n) is 16.9. The van der Waals surface area contributed by atoms with Gasteiger partial charge in [0.05, 0.1) is 23.9 Å². The molecule has 2 fully saturated rings. The van der Waals surface area contributed by atoms with Crippen molar-refractivity contribution in [3.8, 4) is 0 Å². The first kappa shape index (κ1) is 20.2. The van der Waals surface area contributed by atoms with Gasteiger partial charge in [-0.25, -0.2) is 4.68 Å². The van der Waals surface area contributed by atoms with Crippen LogP contribution < -0.4 is 10.6 Å². The third kappa shape index (κ3) is 5.49. The van der Waals surface area contributed by atoms with E-state index in [1.165, 1.54) is 0 Å². The van der Waals surface area contributed by atoms with Crippen molar-refractivity contribution in [1.29, 1.82) is 0 Å². The summed E-state index contributed by atoms with van der Waals surface area (Å²) in [6.45, 7) is 11.9. The Bertz CT molecular complexity index is 603. The van der Waals surface area contributed by atoms with E-state index in [1.54, 1.807) is 0 Å². The van der Waals surface area contributed by atoms with Crippen LogP contribution in [0.2, 0.25) is 0 Å². The number of ether oxygens (including phenoxy) is 1. The topological polar surface area (TPSA) is 84.3 Å². The molecule has 2 saturated heterocycles. The summed E-state index contributed by atoms with van der Waals surface area (Å²) in [5.74, 6) is -0.110. The fourth-order valence-electron chi connectivity index (χ4n) is 4.16. The largest absolute Gasteiger partial charge is 0.373 e. The summed E-state index contributed by atoms with van der Waals surface area (Å²) in [7, 11) is 0. The molecule has 2 aliphatic heterocycles. The minimum atomic E-state index is -0.110. The molecule has 8 nitrogen and oxygen atoms in total. The highest BCUT2D eigenvalue weighted by atomic mass is 16.5. The minimum absolute atomic E-state index is 0.110. The summed E-state index contributed by atoms with van der Waals surface area (Å²) < 4.78 is 7.69. The molecule has 0 bridgehead atoms. The van der Waals surface area contributed by atoms with Gasteiger partial charge in [-0.15, -0.1) is 5.10 Å². The van der Waals surface area contributed by atoms with Crippen molar-refractivity contribution in [3.63, 3.8) is 0 Å². The molecule has 152 valence electrons. The fraction of sp³-hybridized carbons (Fsp3) is 0.842. The van der Waals surface area contributed by atoms with Crippen LogP contribution in [-0.2, 0) is 4.74 Å². The van der Waals surface area contributed by atoms with Crippen molar-refractivity contribution in [1.82, 2.24) is 30.5 Å². The Hall–Kier alpha value is -1.51. The van der Waals surface area contributed by atoms with Crippen molar-refractivity contribution in [2.45, 2.75) is 64.7 Å². The Morgan fingerprint density at radius 3 is 2.63 bits per heavy atom. The van der Waals surface area contributed by atoms with Crippen molar-refractivity contribution < 1.29 is 9.53 Å². The summed E-state index contributed by atoms with van der Waals surface area (Å²) in [5, 5.41) is 14.7. The molecule has 0 aromatic carbocycles. The van der Waals surface area contributed by atoms with E-state index in [0.29, 0.717) is 30.5 Å². The second kappa shape index (κ2) is 9.61. The summed E-state index contributed by atoms with van der Waals surface area (Å²) in [5.41, 5.74) is 1.33. The van der Waals surface area contributed by atoms with Gasteiger partial charge in [-0.1, -0.05) is 5.21 Å². The molecule has 2 atom stereocenters. The number of rotatable bonds is 7. The predicted octanol–water partition coefficient (Wildman–Crippen LogP) is 1.13. The standard InChI is InChI=1S/C19H34N6O2/c1-14-12-24(13-15(2)27-14)11-5-4-8-21-19(26)18-16(3)25(23-22-18)17-6-9-20-10-7-17/h14-15,17,20H,4-13H2,1-3H3,(H,21,26). The van der Waals surface area contributed by atoms with Gasteiger partial charge in [0.1, 0.15) is 0 Å². The molecular formula is C19H34N6O2.